The molecule has 16 heavy (non-hydrogen) atoms. The van der Waals surface area contributed by atoms with Gasteiger partial charge < -0.3 is 9.84 Å². The summed E-state index contributed by atoms with van der Waals surface area (Å²) in [6, 6.07) is 3.18. The molecule has 0 aromatic carbocycles. The summed E-state index contributed by atoms with van der Waals surface area (Å²) in [6.45, 7) is 0. The van der Waals surface area contributed by atoms with Crippen LogP contribution in [0.25, 0.3) is 6.08 Å². The lowest BCUT2D eigenvalue weighted by molar-refractivity contribution is -0.135. The van der Waals surface area contributed by atoms with Crippen molar-refractivity contribution < 1.29 is 19.4 Å². The van der Waals surface area contributed by atoms with Crippen LogP contribution in [0, 0.1) is 0 Å². The summed E-state index contributed by atoms with van der Waals surface area (Å²) in [4.78, 5) is 25.2. The maximum atomic E-state index is 11.0. The molecule has 1 rings (SSSR count). The number of hydrogen-bond donors (Lipinski definition) is 1. The van der Waals surface area contributed by atoms with E-state index in [1.807, 2.05) is 0 Å². The fraction of sp³-hybridized carbons (Fsp3) is 0.182. The molecule has 5 nitrogen and oxygen atoms in total. The van der Waals surface area contributed by atoms with Crippen molar-refractivity contribution in [2.75, 3.05) is 7.11 Å². The van der Waals surface area contributed by atoms with Crippen LogP contribution < -0.4 is 0 Å². The Kier molecular flexibility index (Phi) is 4.20. The Hall–Kier alpha value is -2.17. The Morgan fingerprint density at radius 2 is 2.25 bits per heavy atom. The van der Waals surface area contributed by atoms with Crippen LogP contribution in [-0.2, 0) is 9.53 Å². The van der Waals surface area contributed by atoms with E-state index in [2.05, 4.69) is 9.72 Å². The number of aromatic nitrogens is 1. The molecule has 84 valence electrons. The number of methoxy groups -OCH3 is 1. The van der Waals surface area contributed by atoms with E-state index >= 15 is 0 Å². The summed E-state index contributed by atoms with van der Waals surface area (Å²) in [5, 5.41) is 8.41. The van der Waals surface area contributed by atoms with E-state index < -0.39 is 11.9 Å². The minimum Gasteiger partial charge on any atom is -0.481 e. The minimum atomic E-state index is -0.893. The molecular formula is C11H11NO4. The van der Waals surface area contributed by atoms with Crippen molar-refractivity contribution in [2.45, 2.75) is 6.42 Å². The lowest BCUT2D eigenvalue weighted by Gasteiger charge is -1.98. The van der Waals surface area contributed by atoms with Crippen molar-refractivity contribution in [3.05, 3.63) is 35.7 Å². The van der Waals surface area contributed by atoms with Gasteiger partial charge in [-0.1, -0.05) is 18.2 Å². The van der Waals surface area contributed by atoms with Gasteiger partial charge >= 0.3 is 11.9 Å². The highest BCUT2D eigenvalue weighted by Crippen LogP contribution is 2.04. The Morgan fingerprint density at radius 3 is 2.75 bits per heavy atom. The number of carboxylic acid groups (broad SMARTS) is 1. The van der Waals surface area contributed by atoms with Gasteiger partial charge in [0.25, 0.3) is 0 Å². The van der Waals surface area contributed by atoms with Gasteiger partial charge in [-0.25, -0.2) is 9.78 Å². The quantitative estimate of drug-likeness (QED) is 0.777. The highest BCUT2D eigenvalue weighted by Gasteiger charge is 2.04. The highest BCUT2D eigenvalue weighted by atomic mass is 16.5. The molecule has 0 bridgehead atoms. The van der Waals surface area contributed by atoms with Crippen molar-refractivity contribution in [1.82, 2.24) is 4.98 Å². The Balaban J connectivity index is 2.68. The van der Waals surface area contributed by atoms with Crippen molar-refractivity contribution in [1.29, 1.82) is 0 Å². The van der Waals surface area contributed by atoms with E-state index in [-0.39, 0.29) is 12.1 Å². The molecule has 0 aliphatic carbocycles. The molecule has 0 aliphatic rings. The molecule has 1 N–H and O–H groups in total. The molecule has 0 fully saturated rings. The predicted octanol–water partition coefficient (Wildman–Crippen LogP) is 1.36. The molecule has 0 aliphatic heterocycles. The van der Waals surface area contributed by atoms with Gasteiger partial charge in [-0.05, 0) is 11.6 Å². The molecule has 0 spiro atoms. The molecule has 1 aromatic heterocycles. The third-order valence-electron chi connectivity index (χ3n) is 1.78. The van der Waals surface area contributed by atoms with Gasteiger partial charge in [0.15, 0.2) is 0 Å². The first kappa shape index (κ1) is 11.9. The summed E-state index contributed by atoms with van der Waals surface area (Å²) in [5.74, 6) is -1.39. The Morgan fingerprint density at radius 1 is 1.50 bits per heavy atom. The first-order chi connectivity index (χ1) is 7.63. The van der Waals surface area contributed by atoms with Gasteiger partial charge in [-0.15, -0.1) is 0 Å². The number of carboxylic acids is 1. The number of carbonyl (C=O) groups excluding carboxylic acids is 1. The second kappa shape index (κ2) is 5.65. The molecule has 0 unspecified atom stereocenters. The van der Waals surface area contributed by atoms with E-state index in [0.717, 1.165) is 5.56 Å². The molecule has 0 atom stereocenters. The van der Waals surface area contributed by atoms with Crippen molar-refractivity contribution in [3.63, 3.8) is 0 Å². The zero-order valence-corrected chi connectivity index (χ0v) is 8.71. The zero-order chi connectivity index (χ0) is 12.0. The molecule has 1 heterocycles. The van der Waals surface area contributed by atoms with E-state index in [0.29, 0.717) is 0 Å². The van der Waals surface area contributed by atoms with Crippen LogP contribution in [0.15, 0.2) is 24.4 Å². The largest absolute Gasteiger partial charge is 0.481 e. The van der Waals surface area contributed by atoms with Crippen LogP contribution in [0.4, 0.5) is 0 Å². The SMILES string of the molecule is COC(=O)c1ccc(C=CCC(=O)O)cn1. The zero-order valence-electron chi connectivity index (χ0n) is 8.71. The minimum absolute atomic E-state index is 0.0429. The van der Waals surface area contributed by atoms with Crippen LogP contribution in [0.5, 0.6) is 0 Å². The van der Waals surface area contributed by atoms with Crippen LogP contribution in [0.3, 0.4) is 0 Å². The third-order valence-corrected chi connectivity index (χ3v) is 1.78. The summed E-state index contributed by atoms with van der Waals surface area (Å²) >= 11 is 0. The van der Waals surface area contributed by atoms with Gasteiger partial charge in [0.2, 0.25) is 0 Å². The normalized spacial score (nSPS) is 10.3. The number of aliphatic carboxylic acids is 1. The lowest BCUT2D eigenvalue weighted by Crippen LogP contribution is -2.03. The average Bonchev–Trinajstić information content (AvgIpc) is 2.28. The van der Waals surface area contributed by atoms with E-state index in [4.69, 9.17) is 5.11 Å². The third kappa shape index (κ3) is 3.53. The number of nitrogens with zero attached hydrogens (tertiary/aromatic N) is 1. The number of pyridine rings is 1. The first-order valence-electron chi connectivity index (χ1n) is 4.56. The van der Waals surface area contributed by atoms with E-state index in [1.165, 1.54) is 25.4 Å². The summed E-state index contributed by atoms with van der Waals surface area (Å²) < 4.78 is 4.49. The summed E-state index contributed by atoms with van der Waals surface area (Å²) in [5.41, 5.74) is 0.951. The Labute approximate surface area is 92.4 Å². The monoisotopic (exact) mass is 221 g/mol. The Bertz CT molecular complexity index is 408. The molecule has 0 saturated carbocycles. The van der Waals surface area contributed by atoms with Crippen molar-refractivity contribution in [3.8, 4) is 0 Å². The fourth-order valence-electron chi connectivity index (χ4n) is 1.03. The first-order valence-corrected chi connectivity index (χ1v) is 4.56. The lowest BCUT2D eigenvalue weighted by atomic mass is 10.2. The molecule has 0 amide bonds. The highest BCUT2D eigenvalue weighted by molar-refractivity contribution is 5.87. The van der Waals surface area contributed by atoms with Gasteiger partial charge in [0.1, 0.15) is 5.69 Å². The summed E-state index contributed by atoms with van der Waals surface area (Å²) in [6.07, 6.45) is 4.57. The number of esters is 1. The topological polar surface area (TPSA) is 76.5 Å². The summed E-state index contributed by atoms with van der Waals surface area (Å²) in [7, 11) is 1.28. The van der Waals surface area contributed by atoms with E-state index in [1.54, 1.807) is 12.1 Å². The molecule has 1 aromatic rings. The van der Waals surface area contributed by atoms with Gasteiger partial charge in [-0.2, -0.15) is 0 Å². The second-order valence-electron chi connectivity index (χ2n) is 2.97. The number of ether oxygens (including phenoxy) is 1. The second-order valence-corrected chi connectivity index (χ2v) is 2.97. The number of hydrogen-bond acceptors (Lipinski definition) is 4. The molecule has 0 saturated heterocycles. The molecule has 0 radical (unpaired) electrons. The number of rotatable bonds is 4. The van der Waals surface area contributed by atoms with Gasteiger partial charge in [-0.3, -0.25) is 4.79 Å². The van der Waals surface area contributed by atoms with Gasteiger partial charge in [0, 0.05) is 6.20 Å². The molecule has 5 heteroatoms. The van der Waals surface area contributed by atoms with Crippen LogP contribution in [0.1, 0.15) is 22.5 Å². The van der Waals surface area contributed by atoms with Gasteiger partial charge in [0.05, 0.1) is 13.5 Å². The molecular weight excluding hydrogens is 210 g/mol. The maximum Gasteiger partial charge on any atom is 0.356 e. The fourth-order valence-corrected chi connectivity index (χ4v) is 1.03. The average molecular weight is 221 g/mol. The van der Waals surface area contributed by atoms with Crippen LogP contribution >= 0.6 is 0 Å². The maximum absolute atomic E-state index is 11.0. The van der Waals surface area contributed by atoms with Crippen LogP contribution in [-0.4, -0.2) is 29.1 Å². The van der Waals surface area contributed by atoms with E-state index in [9.17, 15) is 9.59 Å². The number of carbonyl (C=O) groups is 2. The smallest absolute Gasteiger partial charge is 0.356 e. The standard InChI is InChI=1S/C11H11NO4/c1-16-11(15)9-6-5-8(7-12-9)3-2-4-10(13)14/h2-3,5-7H,4H2,1H3,(H,13,14). The predicted molar refractivity (Wildman–Crippen MR) is 56.9 cm³/mol. The van der Waals surface area contributed by atoms with Crippen LogP contribution in [0.2, 0.25) is 0 Å². The van der Waals surface area contributed by atoms with Crippen molar-refractivity contribution >= 4 is 18.0 Å². The van der Waals surface area contributed by atoms with Crippen molar-refractivity contribution in [2.24, 2.45) is 0 Å².